The zero-order chi connectivity index (χ0) is 7.84. The van der Waals surface area contributed by atoms with Gasteiger partial charge in [-0.15, -0.1) is 0 Å². The summed E-state index contributed by atoms with van der Waals surface area (Å²) < 4.78 is 12.5. The van der Waals surface area contributed by atoms with E-state index in [1.165, 1.54) is 6.07 Å². The average molecular weight is 151 g/mol. The van der Waals surface area contributed by atoms with Gasteiger partial charge in [0.2, 0.25) is 5.95 Å². The SMILES string of the molecule is O=C1CCc2ccc(F)nc21. The Hall–Kier alpha value is -1.25. The number of Topliss-reactive ketones (excluding diaryl/α,β-unsaturated/α-hetero) is 1. The van der Waals surface area contributed by atoms with Gasteiger partial charge in [0.05, 0.1) is 0 Å². The number of ketones is 1. The predicted octanol–water partition coefficient (Wildman–Crippen LogP) is 1.35. The lowest BCUT2D eigenvalue weighted by Crippen LogP contribution is -1.97. The smallest absolute Gasteiger partial charge is 0.213 e. The molecule has 1 heterocycles. The van der Waals surface area contributed by atoms with E-state index >= 15 is 0 Å². The second kappa shape index (κ2) is 2.12. The van der Waals surface area contributed by atoms with Gasteiger partial charge in [-0.2, -0.15) is 4.39 Å². The summed E-state index contributed by atoms with van der Waals surface area (Å²) in [4.78, 5) is 14.5. The Morgan fingerprint density at radius 1 is 1.36 bits per heavy atom. The van der Waals surface area contributed by atoms with Gasteiger partial charge in [0.1, 0.15) is 5.69 Å². The van der Waals surface area contributed by atoms with Crippen LogP contribution in [-0.2, 0) is 6.42 Å². The second-order valence-electron chi connectivity index (χ2n) is 2.56. The third-order valence-electron chi connectivity index (χ3n) is 1.83. The lowest BCUT2D eigenvalue weighted by Gasteiger charge is -1.93. The molecule has 0 unspecified atom stereocenters. The van der Waals surface area contributed by atoms with Crippen molar-refractivity contribution in [2.75, 3.05) is 0 Å². The maximum atomic E-state index is 12.5. The highest BCUT2D eigenvalue weighted by atomic mass is 19.1. The van der Waals surface area contributed by atoms with Crippen LogP contribution in [0.15, 0.2) is 12.1 Å². The second-order valence-corrected chi connectivity index (χ2v) is 2.56. The van der Waals surface area contributed by atoms with Crippen molar-refractivity contribution in [2.45, 2.75) is 12.8 Å². The first kappa shape index (κ1) is 6.46. The van der Waals surface area contributed by atoms with E-state index < -0.39 is 5.95 Å². The molecule has 0 fully saturated rings. The summed E-state index contributed by atoms with van der Waals surface area (Å²) in [5.41, 5.74) is 1.20. The van der Waals surface area contributed by atoms with E-state index in [2.05, 4.69) is 4.98 Å². The van der Waals surface area contributed by atoms with Crippen LogP contribution in [0.4, 0.5) is 4.39 Å². The molecule has 0 aromatic carbocycles. The summed E-state index contributed by atoms with van der Waals surface area (Å²) >= 11 is 0. The molecule has 0 radical (unpaired) electrons. The minimum atomic E-state index is -0.570. The van der Waals surface area contributed by atoms with Crippen LogP contribution >= 0.6 is 0 Å². The minimum absolute atomic E-state index is 0.0421. The fourth-order valence-corrected chi connectivity index (χ4v) is 1.27. The molecule has 0 atom stereocenters. The van der Waals surface area contributed by atoms with Crippen molar-refractivity contribution in [3.05, 3.63) is 29.3 Å². The summed E-state index contributed by atoms with van der Waals surface area (Å²) in [5.74, 6) is -0.612. The number of carbonyl (C=O) groups is 1. The van der Waals surface area contributed by atoms with E-state index in [9.17, 15) is 9.18 Å². The number of aryl methyl sites for hydroxylation is 1. The van der Waals surface area contributed by atoms with Gasteiger partial charge in [0.15, 0.2) is 5.78 Å². The Balaban J connectivity index is 2.60. The molecular weight excluding hydrogens is 145 g/mol. The first-order chi connectivity index (χ1) is 5.27. The third-order valence-corrected chi connectivity index (χ3v) is 1.83. The lowest BCUT2D eigenvalue weighted by molar-refractivity contribution is 0.0989. The Morgan fingerprint density at radius 2 is 2.18 bits per heavy atom. The largest absolute Gasteiger partial charge is 0.292 e. The van der Waals surface area contributed by atoms with Crippen LogP contribution in [0.1, 0.15) is 22.5 Å². The van der Waals surface area contributed by atoms with Gasteiger partial charge >= 0.3 is 0 Å². The Kier molecular flexibility index (Phi) is 1.24. The van der Waals surface area contributed by atoms with E-state index in [4.69, 9.17) is 0 Å². The number of fused-ring (bicyclic) bond motifs is 1. The average Bonchev–Trinajstić information content (AvgIpc) is 2.33. The first-order valence-electron chi connectivity index (χ1n) is 3.46. The number of pyridine rings is 1. The van der Waals surface area contributed by atoms with E-state index in [0.29, 0.717) is 18.5 Å². The number of halogens is 1. The summed E-state index contributed by atoms with van der Waals surface area (Å²) in [6.45, 7) is 0. The minimum Gasteiger partial charge on any atom is -0.292 e. The zero-order valence-electron chi connectivity index (χ0n) is 5.80. The van der Waals surface area contributed by atoms with Crippen molar-refractivity contribution < 1.29 is 9.18 Å². The van der Waals surface area contributed by atoms with Gasteiger partial charge in [-0.25, -0.2) is 4.98 Å². The topological polar surface area (TPSA) is 30.0 Å². The molecule has 0 saturated carbocycles. The van der Waals surface area contributed by atoms with Crippen molar-refractivity contribution in [3.63, 3.8) is 0 Å². The fraction of sp³-hybridized carbons (Fsp3) is 0.250. The molecule has 0 amide bonds. The molecule has 1 aromatic rings. The molecular formula is C8H6FNO. The van der Waals surface area contributed by atoms with Gasteiger partial charge < -0.3 is 0 Å². The quantitative estimate of drug-likeness (QED) is 0.524. The maximum Gasteiger partial charge on any atom is 0.213 e. The number of rotatable bonds is 0. The standard InChI is InChI=1S/C8H6FNO/c9-7-4-2-5-1-3-6(11)8(5)10-7/h2,4H,1,3H2. The van der Waals surface area contributed by atoms with Crippen molar-refractivity contribution in [1.82, 2.24) is 4.98 Å². The fourth-order valence-electron chi connectivity index (χ4n) is 1.27. The summed E-state index contributed by atoms with van der Waals surface area (Å²) in [7, 11) is 0. The highest BCUT2D eigenvalue weighted by molar-refractivity contribution is 5.98. The Morgan fingerprint density at radius 3 is 3.00 bits per heavy atom. The monoisotopic (exact) mass is 151 g/mol. The molecule has 11 heavy (non-hydrogen) atoms. The van der Waals surface area contributed by atoms with Gasteiger partial charge in [0.25, 0.3) is 0 Å². The molecule has 1 aromatic heterocycles. The number of carbonyl (C=O) groups excluding carboxylic acids is 1. The number of hydrogen-bond donors (Lipinski definition) is 0. The maximum absolute atomic E-state index is 12.5. The van der Waals surface area contributed by atoms with Crippen LogP contribution in [0.3, 0.4) is 0 Å². The molecule has 0 spiro atoms. The van der Waals surface area contributed by atoms with Crippen LogP contribution in [0.5, 0.6) is 0 Å². The van der Waals surface area contributed by atoms with Crippen LogP contribution in [0.25, 0.3) is 0 Å². The zero-order valence-corrected chi connectivity index (χ0v) is 5.80. The molecule has 0 saturated heterocycles. The summed E-state index contributed by atoms with van der Waals surface area (Å²) in [6, 6.07) is 2.92. The number of hydrogen-bond acceptors (Lipinski definition) is 2. The highest BCUT2D eigenvalue weighted by Gasteiger charge is 2.20. The molecule has 0 bridgehead atoms. The van der Waals surface area contributed by atoms with E-state index in [-0.39, 0.29) is 5.78 Å². The molecule has 2 nitrogen and oxygen atoms in total. The summed E-state index contributed by atoms with van der Waals surface area (Å²) in [5, 5.41) is 0. The van der Waals surface area contributed by atoms with Crippen LogP contribution < -0.4 is 0 Å². The van der Waals surface area contributed by atoms with Crippen molar-refractivity contribution >= 4 is 5.78 Å². The van der Waals surface area contributed by atoms with Crippen molar-refractivity contribution in [1.29, 1.82) is 0 Å². The molecule has 1 aliphatic carbocycles. The van der Waals surface area contributed by atoms with Gasteiger partial charge in [-0.05, 0) is 18.1 Å². The first-order valence-corrected chi connectivity index (χ1v) is 3.46. The Bertz CT molecular complexity index is 322. The van der Waals surface area contributed by atoms with E-state index in [1.54, 1.807) is 6.07 Å². The van der Waals surface area contributed by atoms with Crippen molar-refractivity contribution in [3.8, 4) is 0 Å². The molecule has 1 aliphatic rings. The van der Waals surface area contributed by atoms with Gasteiger partial charge in [-0.3, -0.25) is 4.79 Å². The van der Waals surface area contributed by atoms with Crippen LogP contribution in [-0.4, -0.2) is 10.8 Å². The molecule has 0 N–H and O–H groups in total. The number of nitrogens with zero attached hydrogens (tertiary/aromatic N) is 1. The van der Waals surface area contributed by atoms with Crippen LogP contribution in [0.2, 0.25) is 0 Å². The third kappa shape index (κ3) is 0.926. The van der Waals surface area contributed by atoms with Gasteiger partial charge in [0, 0.05) is 6.42 Å². The van der Waals surface area contributed by atoms with Crippen molar-refractivity contribution in [2.24, 2.45) is 0 Å². The molecule has 0 aliphatic heterocycles. The van der Waals surface area contributed by atoms with E-state index in [1.807, 2.05) is 0 Å². The normalized spacial score (nSPS) is 15.2. The van der Waals surface area contributed by atoms with E-state index in [0.717, 1.165) is 5.56 Å². The molecule has 56 valence electrons. The molecule has 2 rings (SSSR count). The number of aromatic nitrogens is 1. The summed E-state index contributed by atoms with van der Waals surface area (Å²) in [6.07, 6.45) is 1.19. The Labute approximate surface area is 63.1 Å². The van der Waals surface area contributed by atoms with Crippen LogP contribution in [0, 0.1) is 5.95 Å². The van der Waals surface area contributed by atoms with Gasteiger partial charge in [-0.1, -0.05) is 6.07 Å². The lowest BCUT2D eigenvalue weighted by atomic mass is 10.2. The molecule has 3 heteroatoms. The predicted molar refractivity (Wildman–Crippen MR) is 36.8 cm³/mol. The highest BCUT2D eigenvalue weighted by Crippen LogP contribution is 2.19.